The van der Waals surface area contributed by atoms with Crippen molar-refractivity contribution in [1.29, 1.82) is 0 Å². The third-order valence-corrected chi connectivity index (χ3v) is 2.92. The van der Waals surface area contributed by atoms with Gasteiger partial charge in [-0.05, 0) is 13.0 Å². The Balaban J connectivity index is 2.09. The van der Waals surface area contributed by atoms with Gasteiger partial charge in [0.2, 0.25) is 0 Å². The molecule has 0 aromatic carbocycles. The average Bonchev–Trinajstić information content (AvgIpc) is 2.39. The van der Waals surface area contributed by atoms with Crippen molar-refractivity contribution >= 4 is 5.91 Å². The molecule has 6 nitrogen and oxygen atoms in total. The van der Waals surface area contributed by atoms with Crippen LogP contribution in [0, 0.1) is 0 Å². The van der Waals surface area contributed by atoms with Gasteiger partial charge in [-0.15, -0.1) is 0 Å². The molecule has 1 fully saturated rings. The van der Waals surface area contributed by atoms with Crippen LogP contribution in [0.15, 0.2) is 27.6 Å². The maximum Gasteiger partial charge on any atom is 0.335 e. The number of rotatable bonds is 2. The molecule has 98 valence electrons. The Labute approximate surface area is 104 Å². The highest BCUT2D eigenvalue weighted by Crippen LogP contribution is 2.11. The van der Waals surface area contributed by atoms with E-state index in [0.717, 1.165) is 0 Å². The minimum absolute atomic E-state index is 0.130. The normalized spacial score (nSPS) is 21.7. The molecule has 2 N–H and O–H groups in total. The first-order chi connectivity index (χ1) is 8.58. The van der Waals surface area contributed by atoms with Gasteiger partial charge in [0.05, 0.1) is 18.3 Å². The van der Waals surface area contributed by atoms with Gasteiger partial charge < -0.3 is 19.8 Å². The van der Waals surface area contributed by atoms with Crippen LogP contribution >= 0.6 is 0 Å². The Hall–Kier alpha value is -1.66. The molecule has 1 aliphatic rings. The average molecular weight is 252 g/mol. The molecule has 1 aromatic rings. The number of nitrogens with zero attached hydrogens (tertiary/aromatic N) is 1. The standard InChI is InChI=1S/C12H16N2O4/c1-8(13)10-6-14(4-5-17-10)12(16)9-2-3-11(15)18-7-9/h2-3,7-8,10H,4-6,13H2,1H3. The summed E-state index contributed by atoms with van der Waals surface area (Å²) >= 11 is 0. The molecule has 0 saturated carbocycles. The monoisotopic (exact) mass is 252 g/mol. The third kappa shape index (κ3) is 2.77. The first-order valence-corrected chi connectivity index (χ1v) is 5.83. The van der Waals surface area contributed by atoms with E-state index in [1.165, 1.54) is 18.4 Å². The maximum absolute atomic E-state index is 12.1. The molecule has 1 amide bonds. The second-order valence-electron chi connectivity index (χ2n) is 4.36. The van der Waals surface area contributed by atoms with E-state index in [0.29, 0.717) is 25.3 Å². The van der Waals surface area contributed by atoms with E-state index in [1.807, 2.05) is 6.92 Å². The molecule has 0 radical (unpaired) electrons. The first kappa shape index (κ1) is 12.8. The molecular formula is C12H16N2O4. The number of amides is 1. The van der Waals surface area contributed by atoms with Crippen LogP contribution in [-0.2, 0) is 4.74 Å². The molecule has 6 heteroatoms. The smallest absolute Gasteiger partial charge is 0.335 e. The molecule has 1 aromatic heterocycles. The van der Waals surface area contributed by atoms with Crippen molar-refractivity contribution < 1.29 is 13.9 Å². The van der Waals surface area contributed by atoms with Crippen LogP contribution in [0.5, 0.6) is 0 Å². The quantitative estimate of drug-likeness (QED) is 0.789. The number of carbonyl (C=O) groups is 1. The molecule has 18 heavy (non-hydrogen) atoms. The number of hydrogen-bond donors (Lipinski definition) is 1. The lowest BCUT2D eigenvalue weighted by molar-refractivity contribution is -0.0300. The molecule has 0 aliphatic carbocycles. The second kappa shape index (κ2) is 5.32. The van der Waals surface area contributed by atoms with E-state index in [4.69, 9.17) is 10.5 Å². The fourth-order valence-electron chi connectivity index (χ4n) is 1.84. The molecule has 2 unspecified atom stereocenters. The van der Waals surface area contributed by atoms with Crippen molar-refractivity contribution in [2.75, 3.05) is 19.7 Å². The van der Waals surface area contributed by atoms with Crippen LogP contribution in [0.3, 0.4) is 0 Å². The summed E-state index contributed by atoms with van der Waals surface area (Å²) < 4.78 is 10.2. The van der Waals surface area contributed by atoms with E-state index >= 15 is 0 Å². The molecule has 1 aliphatic heterocycles. The zero-order valence-electron chi connectivity index (χ0n) is 10.2. The van der Waals surface area contributed by atoms with Gasteiger partial charge in [0, 0.05) is 25.2 Å². The van der Waals surface area contributed by atoms with Crippen LogP contribution in [0.4, 0.5) is 0 Å². The Morgan fingerprint density at radius 1 is 1.56 bits per heavy atom. The van der Waals surface area contributed by atoms with Crippen molar-refractivity contribution in [3.8, 4) is 0 Å². The van der Waals surface area contributed by atoms with Crippen LogP contribution in [0.2, 0.25) is 0 Å². The minimum Gasteiger partial charge on any atom is -0.430 e. The van der Waals surface area contributed by atoms with Gasteiger partial charge in [-0.3, -0.25) is 4.79 Å². The van der Waals surface area contributed by atoms with Gasteiger partial charge in [0.25, 0.3) is 5.91 Å². The SMILES string of the molecule is CC(N)C1CN(C(=O)c2ccc(=O)oc2)CCO1. The highest BCUT2D eigenvalue weighted by Gasteiger charge is 2.27. The Morgan fingerprint density at radius 2 is 2.33 bits per heavy atom. The summed E-state index contributed by atoms with van der Waals surface area (Å²) in [5.41, 5.74) is 5.66. The largest absolute Gasteiger partial charge is 0.430 e. The Kier molecular flexibility index (Phi) is 3.78. The lowest BCUT2D eigenvalue weighted by Crippen LogP contribution is -2.51. The summed E-state index contributed by atoms with van der Waals surface area (Å²) in [7, 11) is 0. The number of morpholine rings is 1. The summed E-state index contributed by atoms with van der Waals surface area (Å²) in [4.78, 5) is 24.6. The summed E-state index contributed by atoms with van der Waals surface area (Å²) in [6, 6.07) is 2.57. The predicted molar refractivity (Wildman–Crippen MR) is 64.3 cm³/mol. The van der Waals surface area contributed by atoms with Crippen molar-refractivity contribution in [2.45, 2.75) is 19.1 Å². The van der Waals surface area contributed by atoms with E-state index in [1.54, 1.807) is 4.90 Å². The van der Waals surface area contributed by atoms with Crippen molar-refractivity contribution in [1.82, 2.24) is 4.90 Å². The first-order valence-electron chi connectivity index (χ1n) is 5.83. The number of hydrogen-bond acceptors (Lipinski definition) is 5. The fourth-order valence-corrected chi connectivity index (χ4v) is 1.84. The lowest BCUT2D eigenvalue weighted by Gasteiger charge is -2.34. The van der Waals surface area contributed by atoms with Gasteiger partial charge in [-0.25, -0.2) is 4.79 Å². The number of ether oxygens (including phenoxy) is 1. The molecular weight excluding hydrogens is 236 g/mol. The number of nitrogens with two attached hydrogens (primary N) is 1. The zero-order valence-corrected chi connectivity index (χ0v) is 10.2. The summed E-state index contributed by atoms with van der Waals surface area (Å²) in [5.74, 6) is -0.173. The fraction of sp³-hybridized carbons (Fsp3) is 0.500. The van der Waals surface area contributed by atoms with Gasteiger partial charge >= 0.3 is 5.63 Å². The second-order valence-corrected chi connectivity index (χ2v) is 4.36. The van der Waals surface area contributed by atoms with Crippen molar-refractivity contribution in [2.24, 2.45) is 5.73 Å². The van der Waals surface area contributed by atoms with E-state index in [9.17, 15) is 9.59 Å². The summed E-state index contributed by atoms with van der Waals surface area (Å²) in [6.07, 6.45) is 1.03. The van der Waals surface area contributed by atoms with Crippen LogP contribution < -0.4 is 11.4 Å². The zero-order chi connectivity index (χ0) is 13.1. The third-order valence-electron chi connectivity index (χ3n) is 2.92. The van der Waals surface area contributed by atoms with Crippen molar-refractivity contribution in [3.05, 3.63) is 34.4 Å². The van der Waals surface area contributed by atoms with E-state index in [-0.39, 0.29) is 18.1 Å². The highest BCUT2D eigenvalue weighted by molar-refractivity contribution is 5.93. The van der Waals surface area contributed by atoms with Gasteiger partial charge in [0.15, 0.2) is 0 Å². The number of carbonyl (C=O) groups excluding carboxylic acids is 1. The van der Waals surface area contributed by atoms with E-state index < -0.39 is 5.63 Å². The summed E-state index contributed by atoms with van der Waals surface area (Å²) in [5, 5.41) is 0. The molecule has 0 bridgehead atoms. The topological polar surface area (TPSA) is 85.8 Å². The molecule has 2 heterocycles. The predicted octanol–water partition coefficient (Wildman–Crippen LogP) is -0.172. The molecule has 2 atom stereocenters. The highest BCUT2D eigenvalue weighted by atomic mass is 16.5. The van der Waals surface area contributed by atoms with E-state index in [2.05, 4.69) is 4.42 Å². The van der Waals surface area contributed by atoms with Crippen molar-refractivity contribution in [3.63, 3.8) is 0 Å². The van der Waals surface area contributed by atoms with Gasteiger partial charge in [-0.1, -0.05) is 0 Å². The van der Waals surface area contributed by atoms with Crippen LogP contribution in [0.25, 0.3) is 0 Å². The minimum atomic E-state index is -0.470. The van der Waals surface area contributed by atoms with Gasteiger partial charge in [0.1, 0.15) is 6.26 Å². The lowest BCUT2D eigenvalue weighted by atomic mass is 10.1. The van der Waals surface area contributed by atoms with Crippen LogP contribution in [0.1, 0.15) is 17.3 Å². The Morgan fingerprint density at radius 3 is 2.94 bits per heavy atom. The van der Waals surface area contributed by atoms with Crippen LogP contribution in [-0.4, -0.2) is 42.6 Å². The van der Waals surface area contributed by atoms with Gasteiger partial charge in [-0.2, -0.15) is 0 Å². The maximum atomic E-state index is 12.1. The molecule has 2 rings (SSSR count). The summed E-state index contributed by atoms with van der Waals surface area (Å²) in [6.45, 7) is 3.28. The molecule has 0 spiro atoms. The Bertz CT molecular complexity index is 463. The molecule has 1 saturated heterocycles.